The highest BCUT2D eigenvalue weighted by atomic mass is 16.5. The third kappa shape index (κ3) is 5.44. The van der Waals surface area contributed by atoms with Crippen LogP contribution in [0, 0.1) is 11.8 Å². The lowest BCUT2D eigenvalue weighted by molar-refractivity contribution is -0.138. The summed E-state index contributed by atoms with van der Waals surface area (Å²) in [5.41, 5.74) is 2.11. The van der Waals surface area contributed by atoms with Gasteiger partial charge in [-0.25, -0.2) is 0 Å². The second-order valence-electron chi connectivity index (χ2n) is 6.07. The molecular weight excluding hydrogens is 288 g/mol. The van der Waals surface area contributed by atoms with Crippen LogP contribution in [0.3, 0.4) is 0 Å². The lowest BCUT2D eigenvalue weighted by Gasteiger charge is -2.13. The molecule has 0 saturated heterocycles. The van der Waals surface area contributed by atoms with Gasteiger partial charge in [0, 0.05) is 6.42 Å². The Labute approximate surface area is 138 Å². The molecule has 2 atom stereocenters. The van der Waals surface area contributed by atoms with Crippen molar-refractivity contribution in [1.29, 1.82) is 0 Å². The van der Waals surface area contributed by atoms with Crippen LogP contribution < -0.4 is 0 Å². The van der Waals surface area contributed by atoms with Crippen LogP contribution in [0.4, 0.5) is 0 Å². The number of hydrogen-bond acceptors (Lipinski definition) is 2. The van der Waals surface area contributed by atoms with Gasteiger partial charge >= 0.3 is 5.97 Å². The largest absolute Gasteiger partial charge is 0.489 e. The summed E-state index contributed by atoms with van der Waals surface area (Å²) in [4.78, 5) is 10.8. The molecule has 1 aromatic carbocycles. The molecule has 0 heterocycles. The van der Waals surface area contributed by atoms with Crippen molar-refractivity contribution >= 4 is 5.97 Å². The van der Waals surface area contributed by atoms with Gasteiger partial charge in [0.15, 0.2) is 0 Å². The van der Waals surface area contributed by atoms with Crippen molar-refractivity contribution < 1.29 is 14.6 Å². The standard InChI is InChI=1S/C20H24O3/c1-3-19(23-14-16-7-5-4-6-8-16)11-15(2)18-10-9-17(12-18)13-20(21)22/h3-8,11,17-18H,1-2,9-10,12-14H2,(H,21,22)/b19-11+. The van der Waals surface area contributed by atoms with Crippen LogP contribution in [0.2, 0.25) is 0 Å². The highest BCUT2D eigenvalue weighted by Gasteiger charge is 2.27. The van der Waals surface area contributed by atoms with E-state index < -0.39 is 5.97 Å². The molecule has 0 amide bonds. The summed E-state index contributed by atoms with van der Waals surface area (Å²) in [5.74, 6) is 0.602. The topological polar surface area (TPSA) is 46.5 Å². The third-order valence-electron chi connectivity index (χ3n) is 4.31. The lowest BCUT2D eigenvalue weighted by Crippen LogP contribution is -2.05. The highest BCUT2D eigenvalue weighted by molar-refractivity contribution is 5.67. The van der Waals surface area contributed by atoms with Crippen molar-refractivity contribution in [2.75, 3.05) is 0 Å². The van der Waals surface area contributed by atoms with Crippen molar-refractivity contribution in [1.82, 2.24) is 0 Å². The van der Waals surface area contributed by atoms with E-state index in [1.807, 2.05) is 36.4 Å². The molecule has 3 heteroatoms. The number of carboxylic acid groups (broad SMARTS) is 1. The molecule has 23 heavy (non-hydrogen) atoms. The smallest absolute Gasteiger partial charge is 0.303 e. The van der Waals surface area contributed by atoms with Gasteiger partial charge < -0.3 is 9.84 Å². The maximum absolute atomic E-state index is 10.8. The van der Waals surface area contributed by atoms with Crippen molar-refractivity contribution in [2.45, 2.75) is 32.3 Å². The molecule has 1 saturated carbocycles. The minimum atomic E-state index is -0.713. The molecule has 0 bridgehead atoms. The molecule has 1 N–H and O–H groups in total. The van der Waals surface area contributed by atoms with E-state index in [1.54, 1.807) is 6.08 Å². The van der Waals surface area contributed by atoms with Crippen LogP contribution in [0.25, 0.3) is 0 Å². The first-order valence-electron chi connectivity index (χ1n) is 8.00. The van der Waals surface area contributed by atoms with Gasteiger partial charge in [0.1, 0.15) is 12.4 Å². The van der Waals surface area contributed by atoms with E-state index in [0.29, 0.717) is 18.3 Å². The van der Waals surface area contributed by atoms with Crippen LogP contribution in [-0.4, -0.2) is 11.1 Å². The maximum atomic E-state index is 10.8. The predicted molar refractivity (Wildman–Crippen MR) is 91.7 cm³/mol. The zero-order chi connectivity index (χ0) is 16.7. The monoisotopic (exact) mass is 312 g/mol. The molecule has 1 aliphatic rings. The lowest BCUT2D eigenvalue weighted by atomic mass is 9.95. The molecule has 0 aliphatic heterocycles. The number of hydrogen-bond donors (Lipinski definition) is 1. The van der Waals surface area contributed by atoms with Gasteiger partial charge in [-0.3, -0.25) is 4.79 Å². The van der Waals surface area contributed by atoms with Gasteiger partial charge in [-0.1, -0.05) is 43.5 Å². The Kier molecular flexibility index (Phi) is 6.21. The molecule has 0 aromatic heterocycles. The normalized spacial score (nSPS) is 21.0. The summed E-state index contributed by atoms with van der Waals surface area (Å²) >= 11 is 0. The average Bonchev–Trinajstić information content (AvgIpc) is 3.00. The zero-order valence-corrected chi connectivity index (χ0v) is 13.4. The van der Waals surface area contributed by atoms with Gasteiger partial charge in [-0.2, -0.15) is 0 Å². The predicted octanol–water partition coefficient (Wildman–Crippen LogP) is 4.72. The van der Waals surface area contributed by atoms with Crippen LogP contribution in [-0.2, 0) is 16.1 Å². The van der Waals surface area contributed by atoms with Crippen LogP contribution >= 0.6 is 0 Å². The summed E-state index contributed by atoms with van der Waals surface area (Å²) in [6.45, 7) is 8.43. The molecule has 122 valence electrons. The zero-order valence-electron chi connectivity index (χ0n) is 13.4. The first-order chi connectivity index (χ1) is 11.1. The van der Waals surface area contributed by atoms with E-state index >= 15 is 0 Å². The fraction of sp³-hybridized carbons (Fsp3) is 0.350. The Balaban J connectivity index is 1.89. The Morgan fingerprint density at radius 1 is 1.30 bits per heavy atom. The van der Waals surface area contributed by atoms with Crippen molar-refractivity contribution in [3.63, 3.8) is 0 Å². The maximum Gasteiger partial charge on any atom is 0.303 e. The quantitative estimate of drug-likeness (QED) is 0.558. The molecule has 2 unspecified atom stereocenters. The summed E-state index contributed by atoms with van der Waals surface area (Å²) in [7, 11) is 0. The molecule has 2 rings (SSSR count). The Morgan fingerprint density at radius 2 is 2.04 bits per heavy atom. The van der Waals surface area contributed by atoms with E-state index in [-0.39, 0.29) is 12.3 Å². The molecule has 1 fully saturated rings. The van der Waals surface area contributed by atoms with E-state index in [9.17, 15) is 4.79 Å². The number of ether oxygens (including phenoxy) is 1. The number of allylic oxidation sites excluding steroid dienone is 3. The van der Waals surface area contributed by atoms with Gasteiger partial charge in [0.2, 0.25) is 0 Å². The number of benzene rings is 1. The molecule has 0 radical (unpaired) electrons. The van der Waals surface area contributed by atoms with Crippen LogP contribution in [0.5, 0.6) is 0 Å². The highest BCUT2D eigenvalue weighted by Crippen LogP contribution is 2.37. The van der Waals surface area contributed by atoms with Gasteiger partial charge in [0.25, 0.3) is 0 Å². The molecule has 3 nitrogen and oxygen atoms in total. The summed E-state index contributed by atoms with van der Waals surface area (Å²) < 4.78 is 5.79. The molecule has 1 aliphatic carbocycles. The van der Waals surface area contributed by atoms with E-state index in [2.05, 4.69) is 13.2 Å². The second-order valence-corrected chi connectivity index (χ2v) is 6.07. The number of aliphatic carboxylic acids is 1. The van der Waals surface area contributed by atoms with E-state index in [4.69, 9.17) is 9.84 Å². The number of carbonyl (C=O) groups is 1. The average molecular weight is 312 g/mol. The van der Waals surface area contributed by atoms with E-state index in [0.717, 1.165) is 30.4 Å². The SMILES string of the molecule is C=C/C(=C\C(=C)C1CCC(CC(=O)O)C1)OCc1ccccc1. The van der Waals surface area contributed by atoms with Crippen LogP contribution in [0.15, 0.2) is 67.0 Å². The van der Waals surface area contributed by atoms with Crippen molar-refractivity contribution in [3.8, 4) is 0 Å². The van der Waals surface area contributed by atoms with Gasteiger partial charge in [-0.15, -0.1) is 0 Å². The minimum Gasteiger partial charge on any atom is -0.489 e. The molecule has 1 aromatic rings. The first-order valence-corrected chi connectivity index (χ1v) is 8.00. The summed E-state index contributed by atoms with van der Waals surface area (Å²) in [6.07, 6.45) is 6.73. The Hall–Kier alpha value is -2.29. The van der Waals surface area contributed by atoms with Crippen molar-refractivity contribution in [3.05, 3.63) is 72.5 Å². The van der Waals surface area contributed by atoms with Crippen molar-refractivity contribution in [2.24, 2.45) is 11.8 Å². The van der Waals surface area contributed by atoms with Crippen LogP contribution in [0.1, 0.15) is 31.2 Å². The molecule has 0 spiro atoms. The fourth-order valence-corrected chi connectivity index (χ4v) is 3.05. The van der Waals surface area contributed by atoms with E-state index in [1.165, 1.54) is 0 Å². The Bertz CT molecular complexity index is 586. The van der Waals surface area contributed by atoms with Gasteiger partial charge in [0.05, 0.1) is 0 Å². The summed E-state index contributed by atoms with van der Waals surface area (Å²) in [6, 6.07) is 9.97. The minimum absolute atomic E-state index is 0.256. The second kappa shape index (κ2) is 8.37. The summed E-state index contributed by atoms with van der Waals surface area (Å²) in [5, 5.41) is 8.89. The third-order valence-corrected chi connectivity index (χ3v) is 4.31. The number of carboxylic acids is 1. The first kappa shape index (κ1) is 17.1. The fourth-order valence-electron chi connectivity index (χ4n) is 3.05. The molecular formula is C20H24O3. The Morgan fingerprint density at radius 3 is 2.70 bits per heavy atom. The van der Waals surface area contributed by atoms with Gasteiger partial charge in [-0.05, 0) is 54.4 Å². The number of rotatable bonds is 8.